The molecule has 2 aromatic rings. The lowest BCUT2D eigenvalue weighted by molar-refractivity contribution is 0.222. The molecule has 0 amide bonds. The Hall–Kier alpha value is -1.64. The summed E-state index contributed by atoms with van der Waals surface area (Å²) in [6, 6.07) is 21.8. The zero-order valence-corrected chi connectivity index (χ0v) is 16.3. The van der Waals surface area contributed by atoms with Gasteiger partial charge < -0.3 is 4.43 Å². The molecule has 0 bridgehead atoms. The fourth-order valence-corrected chi connectivity index (χ4v) is 8.62. The number of benzene rings is 2. The molecule has 2 heteroatoms. The molecule has 1 unspecified atom stereocenters. The van der Waals surface area contributed by atoms with Gasteiger partial charge in [-0.05, 0) is 40.8 Å². The minimum absolute atomic E-state index is 0.0541. The summed E-state index contributed by atoms with van der Waals surface area (Å²) >= 11 is 0. The molecular formula is C22H28OSi. The lowest BCUT2D eigenvalue weighted by atomic mass is 10.2. The average molecular weight is 337 g/mol. The number of hydrogen-bond acceptors (Lipinski definition) is 1. The van der Waals surface area contributed by atoms with Crippen molar-refractivity contribution in [2.75, 3.05) is 0 Å². The molecule has 2 aromatic carbocycles. The van der Waals surface area contributed by atoms with Crippen molar-refractivity contribution in [3.8, 4) is 0 Å². The van der Waals surface area contributed by atoms with Gasteiger partial charge in [0, 0.05) is 0 Å². The molecule has 1 atom stereocenters. The molecule has 0 aromatic heterocycles. The highest BCUT2D eigenvalue weighted by Crippen LogP contribution is 2.39. The summed E-state index contributed by atoms with van der Waals surface area (Å²) in [4.78, 5) is 0. The van der Waals surface area contributed by atoms with Gasteiger partial charge in [0.2, 0.25) is 0 Å². The van der Waals surface area contributed by atoms with Gasteiger partial charge in [0.1, 0.15) is 0 Å². The molecule has 0 heterocycles. The highest BCUT2D eigenvalue weighted by atomic mass is 28.4. The van der Waals surface area contributed by atoms with Gasteiger partial charge in [0.25, 0.3) is 8.32 Å². The number of allylic oxidation sites excluding steroid dienone is 1. The predicted molar refractivity (Wildman–Crippen MR) is 105 cm³/mol. The van der Waals surface area contributed by atoms with Gasteiger partial charge in [-0.3, -0.25) is 0 Å². The third-order valence-electron chi connectivity index (χ3n) is 5.14. The molecule has 0 spiro atoms. The van der Waals surface area contributed by atoms with E-state index in [0.29, 0.717) is 0 Å². The van der Waals surface area contributed by atoms with Crippen LogP contribution >= 0.6 is 0 Å². The molecule has 0 N–H and O–H groups in total. The Morgan fingerprint density at radius 3 is 1.75 bits per heavy atom. The van der Waals surface area contributed by atoms with Crippen LogP contribution in [0.2, 0.25) is 5.04 Å². The molecule has 0 radical (unpaired) electrons. The molecule has 0 aliphatic heterocycles. The van der Waals surface area contributed by atoms with Crippen molar-refractivity contribution in [1.29, 1.82) is 0 Å². The Balaban J connectivity index is 2.19. The summed E-state index contributed by atoms with van der Waals surface area (Å²) in [5, 5.41) is 2.78. The van der Waals surface area contributed by atoms with E-state index in [0.717, 1.165) is 12.8 Å². The van der Waals surface area contributed by atoms with Gasteiger partial charge in [0.05, 0.1) is 6.10 Å². The summed E-state index contributed by atoms with van der Waals surface area (Å²) in [6.07, 6.45) is 4.82. The first-order valence-electron chi connectivity index (χ1n) is 8.91. The van der Waals surface area contributed by atoms with Crippen molar-refractivity contribution < 1.29 is 4.43 Å². The highest BCUT2D eigenvalue weighted by molar-refractivity contribution is 6.99. The average Bonchev–Trinajstić information content (AvgIpc) is 2.98. The third-order valence-corrected chi connectivity index (χ3v) is 10.2. The minimum atomic E-state index is -2.40. The van der Waals surface area contributed by atoms with Crippen molar-refractivity contribution in [2.24, 2.45) is 0 Å². The number of hydrogen-bond donors (Lipinski definition) is 0. The Bertz CT molecular complexity index is 658. The summed E-state index contributed by atoms with van der Waals surface area (Å²) in [5.74, 6) is 0. The Labute approximate surface area is 147 Å². The van der Waals surface area contributed by atoms with Crippen molar-refractivity contribution >= 4 is 18.7 Å². The van der Waals surface area contributed by atoms with Gasteiger partial charge in [-0.2, -0.15) is 0 Å². The van der Waals surface area contributed by atoms with Crippen LogP contribution < -0.4 is 10.4 Å². The van der Waals surface area contributed by atoms with Gasteiger partial charge in [0.15, 0.2) is 0 Å². The second kappa shape index (κ2) is 6.70. The van der Waals surface area contributed by atoms with Crippen LogP contribution in [0.25, 0.3) is 0 Å². The maximum atomic E-state index is 7.12. The highest BCUT2D eigenvalue weighted by Gasteiger charge is 2.51. The van der Waals surface area contributed by atoms with Crippen LogP contribution in [-0.2, 0) is 4.43 Å². The van der Waals surface area contributed by atoms with Gasteiger partial charge in [-0.15, -0.1) is 0 Å². The first kappa shape index (κ1) is 17.2. The third kappa shape index (κ3) is 3.01. The minimum Gasteiger partial charge on any atom is -0.401 e. The quantitative estimate of drug-likeness (QED) is 0.582. The molecule has 0 fully saturated rings. The molecule has 24 heavy (non-hydrogen) atoms. The second-order valence-electron chi connectivity index (χ2n) is 7.80. The molecule has 3 rings (SSSR count). The predicted octanol–water partition coefficient (Wildman–Crippen LogP) is 4.67. The summed E-state index contributed by atoms with van der Waals surface area (Å²) < 4.78 is 7.12. The maximum absolute atomic E-state index is 7.12. The van der Waals surface area contributed by atoms with Crippen LogP contribution in [0.1, 0.15) is 40.5 Å². The number of rotatable bonds is 4. The van der Waals surface area contributed by atoms with Crippen molar-refractivity contribution in [3.63, 3.8) is 0 Å². The summed E-state index contributed by atoms with van der Waals surface area (Å²) in [5.41, 5.74) is 1.39. The first-order valence-corrected chi connectivity index (χ1v) is 10.8. The monoisotopic (exact) mass is 336 g/mol. The lowest BCUT2D eigenvalue weighted by Gasteiger charge is -2.45. The maximum Gasteiger partial charge on any atom is 0.261 e. The van der Waals surface area contributed by atoms with Crippen LogP contribution in [-0.4, -0.2) is 14.4 Å². The van der Waals surface area contributed by atoms with Crippen molar-refractivity contribution in [3.05, 3.63) is 72.3 Å². The Morgan fingerprint density at radius 1 is 0.875 bits per heavy atom. The van der Waals surface area contributed by atoms with E-state index < -0.39 is 8.32 Å². The zero-order valence-electron chi connectivity index (χ0n) is 15.3. The van der Waals surface area contributed by atoms with Crippen LogP contribution in [0.4, 0.5) is 0 Å². The fraction of sp³-hybridized carbons (Fsp3) is 0.364. The van der Waals surface area contributed by atoms with E-state index in [1.807, 2.05) is 0 Å². The molecule has 1 aliphatic rings. The summed E-state index contributed by atoms with van der Waals surface area (Å²) in [6.45, 7) is 9.24. The summed E-state index contributed by atoms with van der Waals surface area (Å²) in [7, 11) is -2.40. The smallest absolute Gasteiger partial charge is 0.261 e. The zero-order chi connectivity index (χ0) is 17.2. The first-order chi connectivity index (χ1) is 11.4. The second-order valence-corrected chi connectivity index (χ2v) is 12.0. The molecular weight excluding hydrogens is 308 g/mol. The molecule has 1 nitrogen and oxygen atoms in total. The van der Waals surface area contributed by atoms with Crippen LogP contribution in [0.3, 0.4) is 0 Å². The van der Waals surface area contributed by atoms with Gasteiger partial charge in [-0.1, -0.05) is 87.5 Å². The van der Waals surface area contributed by atoms with Crippen molar-refractivity contribution in [1.82, 2.24) is 0 Å². The van der Waals surface area contributed by atoms with E-state index >= 15 is 0 Å². The molecule has 0 saturated heterocycles. The van der Waals surface area contributed by atoms with Crippen molar-refractivity contribution in [2.45, 2.75) is 51.7 Å². The van der Waals surface area contributed by atoms with E-state index in [1.165, 1.54) is 15.9 Å². The van der Waals surface area contributed by atoms with E-state index in [4.69, 9.17) is 4.43 Å². The molecule has 126 valence electrons. The van der Waals surface area contributed by atoms with Crippen LogP contribution in [0.15, 0.2) is 72.3 Å². The standard InChI is InChI=1S/C22H28OSi/c1-18-12-11-17-21(18)23-24(22(2,3)4,19-13-7-5-8-14-19)20-15-9-6-10-16-20/h5-10,12-16,21H,11,17H2,1-4H3. The van der Waals surface area contributed by atoms with Crippen LogP contribution in [0.5, 0.6) is 0 Å². The van der Waals surface area contributed by atoms with Crippen LogP contribution in [0, 0.1) is 0 Å². The normalized spacial score (nSPS) is 18.5. The largest absolute Gasteiger partial charge is 0.401 e. The Kier molecular flexibility index (Phi) is 4.80. The molecule has 0 saturated carbocycles. The lowest BCUT2D eigenvalue weighted by Crippen LogP contribution is -2.67. The van der Waals surface area contributed by atoms with Gasteiger partial charge >= 0.3 is 0 Å². The van der Waals surface area contributed by atoms with E-state index in [1.54, 1.807) is 0 Å². The van der Waals surface area contributed by atoms with E-state index in [-0.39, 0.29) is 11.1 Å². The van der Waals surface area contributed by atoms with Gasteiger partial charge in [-0.25, -0.2) is 0 Å². The van der Waals surface area contributed by atoms with E-state index in [2.05, 4.69) is 94.4 Å². The molecule has 1 aliphatic carbocycles. The SMILES string of the molecule is CC1=CCCC1O[Si](c1ccccc1)(c1ccccc1)C(C)(C)C. The fourth-order valence-electron chi connectivity index (χ4n) is 3.88. The topological polar surface area (TPSA) is 9.23 Å². The Morgan fingerprint density at radius 2 is 1.38 bits per heavy atom. The van der Waals surface area contributed by atoms with E-state index in [9.17, 15) is 0 Å².